The number of nitrogens with zero attached hydrogens (tertiary/aromatic N) is 1. The molecule has 0 saturated carbocycles. The average molecular weight is 617 g/mol. The van der Waals surface area contributed by atoms with Crippen molar-refractivity contribution >= 4 is 41.1 Å². The van der Waals surface area contributed by atoms with Gasteiger partial charge in [-0.05, 0) is 69.4 Å². The summed E-state index contributed by atoms with van der Waals surface area (Å²) in [4.78, 5) is 63.7. The molecule has 0 bridgehead atoms. The number of amides is 6. The molecule has 12 heteroatoms. The molecule has 238 valence electrons. The molecule has 0 aromatic heterocycles. The molecule has 45 heavy (non-hydrogen) atoms. The number of para-hydroxylation sites is 1. The van der Waals surface area contributed by atoms with Crippen molar-refractivity contribution in [3.05, 3.63) is 83.4 Å². The minimum atomic E-state index is -1.12. The van der Waals surface area contributed by atoms with E-state index in [9.17, 15) is 24.0 Å². The molecule has 0 spiro atoms. The second kappa shape index (κ2) is 14.6. The topological polar surface area (TPSA) is 158 Å². The summed E-state index contributed by atoms with van der Waals surface area (Å²) < 4.78 is 5.61. The smallest absolute Gasteiger partial charge is 0.407 e. The maximum Gasteiger partial charge on any atom is 0.407 e. The Morgan fingerprint density at radius 2 is 1.67 bits per heavy atom. The van der Waals surface area contributed by atoms with Crippen molar-refractivity contribution in [1.82, 2.24) is 26.8 Å². The predicted octanol–water partition coefficient (Wildman–Crippen LogP) is 3.28. The van der Waals surface area contributed by atoms with E-state index >= 15 is 0 Å². The molecule has 12 nitrogen and oxygen atoms in total. The first kappa shape index (κ1) is 32.8. The Hall–Kier alpha value is -5.13. The van der Waals surface area contributed by atoms with Crippen molar-refractivity contribution in [3.63, 3.8) is 0 Å². The van der Waals surface area contributed by atoms with Gasteiger partial charge in [-0.15, -0.1) is 0 Å². The fourth-order valence-corrected chi connectivity index (χ4v) is 5.18. The maximum atomic E-state index is 13.1. The van der Waals surface area contributed by atoms with Crippen LogP contribution in [0.4, 0.5) is 15.3 Å². The van der Waals surface area contributed by atoms with E-state index < -0.39 is 41.4 Å². The normalized spacial score (nSPS) is 15.6. The monoisotopic (exact) mass is 616 g/mol. The zero-order valence-corrected chi connectivity index (χ0v) is 25.9. The minimum Gasteiger partial charge on any atom is -0.449 e. The Balaban J connectivity index is 1.27. The largest absolute Gasteiger partial charge is 0.449 e. The van der Waals surface area contributed by atoms with E-state index in [0.717, 1.165) is 18.4 Å². The van der Waals surface area contributed by atoms with Crippen LogP contribution in [0.1, 0.15) is 57.6 Å². The van der Waals surface area contributed by atoms with Crippen LogP contribution < -0.4 is 31.7 Å². The minimum absolute atomic E-state index is 0.00199. The number of urea groups is 1. The number of hydrazine groups is 1. The highest BCUT2D eigenvalue weighted by molar-refractivity contribution is 6.35. The molecular formula is C33H40N6O6. The van der Waals surface area contributed by atoms with Crippen LogP contribution in [0, 0.1) is 0 Å². The Morgan fingerprint density at radius 3 is 2.40 bits per heavy atom. The summed E-state index contributed by atoms with van der Waals surface area (Å²) in [6, 6.07) is 15.1. The third kappa shape index (κ3) is 8.71. The van der Waals surface area contributed by atoms with E-state index in [-0.39, 0.29) is 25.6 Å². The highest BCUT2D eigenvalue weighted by Gasteiger charge is 2.31. The third-order valence-corrected chi connectivity index (χ3v) is 7.28. The number of benzene rings is 2. The van der Waals surface area contributed by atoms with E-state index in [1.54, 1.807) is 51.1 Å². The molecule has 0 saturated heterocycles. The average Bonchev–Trinajstić information content (AvgIpc) is 3.33. The van der Waals surface area contributed by atoms with Crippen LogP contribution in [0.25, 0.3) is 5.57 Å². The van der Waals surface area contributed by atoms with Crippen LogP contribution >= 0.6 is 0 Å². The van der Waals surface area contributed by atoms with Gasteiger partial charge in [-0.1, -0.05) is 60.2 Å². The molecule has 0 radical (unpaired) electrons. The summed E-state index contributed by atoms with van der Waals surface area (Å²) in [7, 11) is 0. The SMILES string of the molecule is C[C@H](NC(=O)C(=O)NC(C)(C)C)C(=O)NNC(=O)N(CCNC(=O)OCC1C2=C(C=CCC2)c2ccccc21)c1ccccc1. The molecule has 6 amide bonds. The van der Waals surface area contributed by atoms with Gasteiger partial charge in [-0.3, -0.25) is 24.7 Å². The fourth-order valence-electron chi connectivity index (χ4n) is 5.18. The summed E-state index contributed by atoms with van der Waals surface area (Å²) in [6.07, 6.45) is 5.59. The summed E-state index contributed by atoms with van der Waals surface area (Å²) in [5.74, 6) is -2.60. The summed E-state index contributed by atoms with van der Waals surface area (Å²) in [5.41, 5.74) is 9.29. The molecule has 2 aliphatic rings. The Kier molecular flexibility index (Phi) is 10.6. The number of nitrogens with one attached hydrogen (secondary N) is 5. The zero-order valence-electron chi connectivity index (χ0n) is 25.9. The van der Waals surface area contributed by atoms with Crippen LogP contribution in [0.5, 0.6) is 0 Å². The highest BCUT2D eigenvalue weighted by atomic mass is 16.5. The standard InChI is InChI=1S/C33H40N6O6/c1-21(35-29(41)30(42)36-33(2,3)4)28(40)37-38-31(43)39(22-12-6-5-7-13-22)19-18-34-32(44)45-20-27-25-16-10-8-14-23(25)24-15-9-11-17-26(24)27/h5-10,12-16,21,27H,11,17-20H2,1-4H3,(H,34,44)(H,35,41)(H,36,42)(H,37,40)(H,38,43)/t21-,27?/m0/s1. The molecule has 1 unspecified atom stereocenters. The van der Waals surface area contributed by atoms with Gasteiger partial charge in [-0.25, -0.2) is 15.0 Å². The van der Waals surface area contributed by atoms with Gasteiger partial charge in [0, 0.05) is 30.2 Å². The lowest BCUT2D eigenvalue weighted by molar-refractivity contribution is -0.141. The summed E-state index contributed by atoms with van der Waals surface area (Å²) in [5, 5.41) is 7.50. The van der Waals surface area contributed by atoms with Gasteiger partial charge in [-0.2, -0.15) is 0 Å². The number of alkyl carbamates (subject to hydrolysis) is 1. The van der Waals surface area contributed by atoms with Gasteiger partial charge in [0.25, 0.3) is 5.91 Å². The number of ether oxygens (including phenoxy) is 1. The van der Waals surface area contributed by atoms with Crippen molar-refractivity contribution < 1.29 is 28.7 Å². The van der Waals surface area contributed by atoms with E-state index in [1.807, 2.05) is 12.1 Å². The van der Waals surface area contributed by atoms with Gasteiger partial charge in [0.2, 0.25) is 0 Å². The van der Waals surface area contributed by atoms with Crippen molar-refractivity contribution in [1.29, 1.82) is 0 Å². The van der Waals surface area contributed by atoms with E-state index in [4.69, 9.17) is 4.74 Å². The van der Waals surface area contributed by atoms with Crippen LogP contribution in [-0.2, 0) is 19.1 Å². The third-order valence-electron chi connectivity index (χ3n) is 7.28. The first-order valence-electron chi connectivity index (χ1n) is 14.9. The molecule has 2 atom stereocenters. The molecule has 2 aromatic carbocycles. The maximum absolute atomic E-state index is 13.1. The Bertz CT molecular complexity index is 1500. The van der Waals surface area contributed by atoms with E-state index in [2.05, 4.69) is 51.1 Å². The lowest BCUT2D eigenvalue weighted by atomic mass is 9.91. The number of hydrogen-bond donors (Lipinski definition) is 5. The first-order chi connectivity index (χ1) is 21.4. The fraction of sp³-hybridized carbons (Fsp3) is 0.364. The number of rotatable bonds is 8. The Labute approximate surface area is 262 Å². The molecule has 2 aromatic rings. The first-order valence-corrected chi connectivity index (χ1v) is 14.9. The van der Waals surface area contributed by atoms with Gasteiger partial charge < -0.3 is 20.7 Å². The van der Waals surface area contributed by atoms with Gasteiger partial charge >= 0.3 is 23.9 Å². The molecule has 0 heterocycles. The van der Waals surface area contributed by atoms with Crippen LogP contribution in [0.3, 0.4) is 0 Å². The van der Waals surface area contributed by atoms with Gasteiger partial charge in [0.15, 0.2) is 0 Å². The number of anilines is 1. The van der Waals surface area contributed by atoms with Gasteiger partial charge in [0.05, 0.1) is 0 Å². The second-order valence-electron chi connectivity index (χ2n) is 11.9. The van der Waals surface area contributed by atoms with Crippen LogP contribution in [0.2, 0.25) is 0 Å². The molecule has 4 rings (SSSR count). The quantitative estimate of drug-likeness (QED) is 0.226. The van der Waals surface area contributed by atoms with Crippen molar-refractivity contribution in [2.75, 3.05) is 24.6 Å². The molecule has 2 aliphatic carbocycles. The number of hydrogen-bond acceptors (Lipinski definition) is 6. The summed E-state index contributed by atoms with van der Waals surface area (Å²) in [6.45, 7) is 6.88. The summed E-state index contributed by atoms with van der Waals surface area (Å²) >= 11 is 0. The zero-order chi connectivity index (χ0) is 32.6. The van der Waals surface area contributed by atoms with E-state index in [1.165, 1.54) is 28.5 Å². The number of fused-ring (bicyclic) bond motifs is 2. The van der Waals surface area contributed by atoms with Crippen LogP contribution in [0.15, 0.2) is 72.3 Å². The van der Waals surface area contributed by atoms with E-state index in [0.29, 0.717) is 5.69 Å². The van der Waals surface area contributed by atoms with Crippen molar-refractivity contribution in [2.45, 2.75) is 58.0 Å². The lowest BCUT2D eigenvalue weighted by Crippen LogP contribution is -2.57. The Morgan fingerprint density at radius 1 is 0.956 bits per heavy atom. The lowest BCUT2D eigenvalue weighted by Gasteiger charge is -2.24. The molecule has 0 fully saturated rings. The van der Waals surface area contributed by atoms with Crippen molar-refractivity contribution in [3.8, 4) is 0 Å². The number of carbonyl (C=O) groups is 5. The van der Waals surface area contributed by atoms with Crippen LogP contribution in [-0.4, -0.2) is 61.1 Å². The van der Waals surface area contributed by atoms with Crippen molar-refractivity contribution in [2.24, 2.45) is 0 Å². The molecule has 5 N–H and O–H groups in total. The number of allylic oxidation sites excluding steroid dienone is 3. The highest BCUT2D eigenvalue weighted by Crippen LogP contribution is 2.46. The van der Waals surface area contributed by atoms with Gasteiger partial charge in [0.1, 0.15) is 12.6 Å². The molecule has 0 aliphatic heterocycles. The second-order valence-corrected chi connectivity index (χ2v) is 11.9. The number of carbonyl (C=O) groups excluding carboxylic acids is 5. The predicted molar refractivity (Wildman–Crippen MR) is 170 cm³/mol. The molecular weight excluding hydrogens is 576 g/mol.